The summed E-state index contributed by atoms with van der Waals surface area (Å²) in [4.78, 5) is 13.7. The van der Waals surface area contributed by atoms with Crippen molar-refractivity contribution in [2.45, 2.75) is 45.1 Å². The second-order valence-corrected chi connectivity index (χ2v) is 4.31. The fourth-order valence-corrected chi connectivity index (χ4v) is 2.33. The van der Waals surface area contributed by atoms with E-state index in [2.05, 4.69) is 11.5 Å². The minimum atomic E-state index is -0.116. The van der Waals surface area contributed by atoms with Crippen molar-refractivity contribution in [3.8, 4) is 0 Å². The van der Waals surface area contributed by atoms with Crippen molar-refractivity contribution in [3.63, 3.8) is 0 Å². The molecule has 1 aliphatic rings. The molecule has 0 aliphatic heterocycles. The molecule has 0 saturated heterocycles. The summed E-state index contributed by atoms with van der Waals surface area (Å²) in [7, 11) is 0. The zero-order chi connectivity index (χ0) is 11.8. The lowest BCUT2D eigenvalue weighted by Gasteiger charge is -2.32. The summed E-state index contributed by atoms with van der Waals surface area (Å²) in [5, 5.41) is 0. The Morgan fingerprint density at radius 2 is 2.12 bits per heavy atom. The van der Waals surface area contributed by atoms with Crippen molar-refractivity contribution in [2.75, 3.05) is 19.7 Å². The highest BCUT2D eigenvalue weighted by molar-refractivity contribution is 5.71. The van der Waals surface area contributed by atoms with Crippen LogP contribution >= 0.6 is 0 Å². The third-order valence-corrected chi connectivity index (χ3v) is 3.09. The topological polar surface area (TPSA) is 29.5 Å². The molecule has 0 atom stereocenters. The van der Waals surface area contributed by atoms with Gasteiger partial charge in [0.1, 0.15) is 0 Å². The van der Waals surface area contributed by atoms with Crippen LogP contribution in [0.15, 0.2) is 12.7 Å². The first-order chi connectivity index (χ1) is 7.77. The molecule has 3 nitrogen and oxygen atoms in total. The van der Waals surface area contributed by atoms with Crippen molar-refractivity contribution in [2.24, 2.45) is 0 Å². The summed E-state index contributed by atoms with van der Waals surface area (Å²) in [5.41, 5.74) is 0. The molecule has 92 valence electrons. The number of carbonyl (C=O) groups is 1. The first-order valence-electron chi connectivity index (χ1n) is 6.28. The average molecular weight is 225 g/mol. The second kappa shape index (κ2) is 7.44. The molecule has 0 aromatic carbocycles. The Balaban J connectivity index is 2.44. The molecule has 1 saturated carbocycles. The van der Waals surface area contributed by atoms with Gasteiger partial charge in [0, 0.05) is 12.6 Å². The van der Waals surface area contributed by atoms with Crippen LogP contribution in [0.2, 0.25) is 0 Å². The smallest absolute Gasteiger partial charge is 0.320 e. The summed E-state index contributed by atoms with van der Waals surface area (Å²) < 4.78 is 4.99. The lowest BCUT2D eigenvalue weighted by Crippen LogP contribution is -2.40. The Kier molecular flexibility index (Phi) is 6.16. The van der Waals surface area contributed by atoms with E-state index in [0.717, 1.165) is 6.54 Å². The monoisotopic (exact) mass is 225 g/mol. The molecule has 0 bridgehead atoms. The molecule has 1 fully saturated rings. The number of esters is 1. The molecule has 0 spiro atoms. The van der Waals surface area contributed by atoms with Gasteiger partial charge in [-0.3, -0.25) is 9.69 Å². The summed E-state index contributed by atoms with van der Waals surface area (Å²) in [6.07, 6.45) is 8.16. The van der Waals surface area contributed by atoms with Crippen molar-refractivity contribution in [1.82, 2.24) is 4.90 Å². The second-order valence-electron chi connectivity index (χ2n) is 4.31. The van der Waals surface area contributed by atoms with Crippen molar-refractivity contribution >= 4 is 5.97 Å². The Morgan fingerprint density at radius 1 is 1.44 bits per heavy atom. The molecular weight excluding hydrogens is 202 g/mol. The lowest BCUT2D eigenvalue weighted by atomic mass is 9.94. The molecule has 0 aromatic rings. The Bertz CT molecular complexity index is 222. The molecular formula is C13H23NO2. The van der Waals surface area contributed by atoms with Crippen LogP contribution in [-0.4, -0.2) is 36.6 Å². The average Bonchev–Trinajstić information content (AvgIpc) is 2.30. The SMILES string of the molecule is C=CCN(CC(=O)OCC)C1CCCCC1. The molecule has 0 radical (unpaired) electrons. The van der Waals surface area contributed by atoms with Gasteiger partial charge in [-0.15, -0.1) is 6.58 Å². The minimum absolute atomic E-state index is 0.116. The molecule has 16 heavy (non-hydrogen) atoms. The van der Waals surface area contributed by atoms with E-state index in [1.807, 2.05) is 13.0 Å². The van der Waals surface area contributed by atoms with E-state index >= 15 is 0 Å². The van der Waals surface area contributed by atoms with E-state index in [-0.39, 0.29) is 5.97 Å². The van der Waals surface area contributed by atoms with Crippen LogP contribution in [0.3, 0.4) is 0 Å². The maximum absolute atomic E-state index is 11.5. The van der Waals surface area contributed by atoms with Crippen LogP contribution in [0.1, 0.15) is 39.0 Å². The predicted molar refractivity (Wildman–Crippen MR) is 65.3 cm³/mol. The molecule has 1 rings (SSSR count). The molecule has 1 aliphatic carbocycles. The molecule has 0 amide bonds. The van der Waals surface area contributed by atoms with E-state index < -0.39 is 0 Å². The van der Waals surface area contributed by atoms with E-state index in [1.165, 1.54) is 32.1 Å². The summed E-state index contributed by atoms with van der Waals surface area (Å²) in [6.45, 7) is 7.25. The molecule has 0 unspecified atom stereocenters. The van der Waals surface area contributed by atoms with E-state index in [1.54, 1.807) is 0 Å². The van der Waals surface area contributed by atoms with Crippen molar-refractivity contribution < 1.29 is 9.53 Å². The zero-order valence-corrected chi connectivity index (χ0v) is 10.3. The fourth-order valence-electron chi connectivity index (χ4n) is 2.33. The highest BCUT2D eigenvalue weighted by atomic mass is 16.5. The summed E-state index contributed by atoms with van der Waals surface area (Å²) in [6, 6.07) is 0.538. The maximum atomic E-state index is 11.5. The Labute approximate surface area is 98.5 Å². The molecule has 0 heterocycles. The zero-order valence-electron chi connectivity index (χ0n) is 10.3. The van der Waals surface area contributed by atoms with E-state index in [4.69, 9.17) is 4.74 Å². The highest BCUT2D eigenvalue weighted by Gasteiger charge is 2.22. The van der Waals surface area contributed by atoms with Gasteiger partial charge < -0.3 is 4.74 Å². The molecule has 0 aromatic heterocycles. The fraction of sp³-hybridized carbons (Fsp3) is 0.769. The van der Waals surface area contributed by atoms with Gasteiger partial charge in [-0.25, -0.2) is 0 Å². The third-order valence-electron chi connectivity index (χ3n) is 3.09. The number of ether oxygens (including phenoxy) is 1. The van der Waals surface area contributed by atoms with Gasteiger partial charge in [0.15, 0.2) is 0 Å². The van der Waals surface area contributed by atoms with Crippen molar-refractivity contribution in [3.05, 3.63) is 12.7 Å². The third kappa shape index (κ3) is 4.35. The number of hydrogen-bond acceptors (Lipinski definition) is 3. The van der Waals surface area contributed by atoms with Gasteiger partial charge in [-0.05, 0) is 19.8 Å². The predicted octanol–water partition coefficient (Wildman–Crippen LogP) is 2.37. The quantitative estimate of drug-likeness (QED) is 0.513. The Morgan fingerprint density at radius 3 is 2.69 bits per heavy atom. The summed E-state index contributed by atoms with van der Waals surface area (Å²) >= 11 is 0. The van der Waals surface area contributed by atoms with Crippen molar-refractivity contribution in [1.29, 1.82) is 0 Å². The minimum Gasteiger partial charge on any atom is -0.465 e. The van der Waals surface area contributed by atoms with Crippen LogP contribution in [-0.2, 0) is 9.53 Å². The number of nitrogens with zero attached hydrogens (tertiary/aromatic N) is 1. The summed E-state index contributed by atoms with van der Waals surface area (Å²) in [5.74, 6) is -0.116. The number of carbonyl (C=O) groups excluding carboxylic acids is 1. The maximum Gasteiger partial charge on any atom is 0.320 e. The standard InChI is InChI=1S/C13H23NO2/c1-3-10-14(11-13(15)16-4-2)12-8-6-5-7-9-12/h3,12H,1,4-11H2,2H3. The van der Waals surface area contributed by atoms with Crippen LogP contribution < -0.4 is 0 Å². The van der Waals surface area contributed by atoms with E-state index in [0.29, 0.717) is 19.2 Å². The van der Waals surface area contributed by atoms with Crippen LogP contribution in [0, 0.1) is 0 Å². The van der Waals surface area contributed by atoms with Crippen LogP contribution in [0.5, 0.6) is 0 Å². The van der Waals surface area contributed by atoms with Gasteiger partial charge >= 0.3 is 5.97 Å². The molecule has 3 heteroatoms. The normalized spacial score (nSPS) is 17.4. The van der Waals surface area contributed by atoms with Gasteiger partial charge in [0.05, 0.1) is 13.2 Å². The van der Waals surface area contributed by atoms with Gasteiger partial charge in [0.25, 0.3) is 0 Å². The first-order valence-corrected chi connectivity index (χ1v) is 6.28. The number of rotatable bonds is 6. The van der Waals surface area contributed by atoms with E-state index in [9.17, 15) is 4.79 Å². The number of hydrogen-bond donors (Lipinski definition) is 0. The largest absolute Gasteiger partial charge is 0.465 e. The highest BCUT2D eigenvalue weighted by Crippen LogP contribution is 2.22. The van der Waals surface area contributed by atoms with Crippen LogP contribution in [0.4, 0.5) is 0 Å². The van der Waals surface area contributed by atoms with Gasteiger partial charge in [-0.1, -0.05) is 25.3 Å². The van der Waals surface area contributed by atoms with Gasteiger partial charge in [0.2, 0.25) is 0 Å². The molecule has 0 N–H and O–H groups in total. The Hall–Kier alpha value is -0.830. The first kappa shape index (κ1) is 13.2. The van der Waals surface area contributed by atoms with Gasteiger partial charge in [-0.2, -0.15) is 0 Å². The van der Waals surface area contributed by atoms with Crippen LogP contribution in [0.25, 0.3) is 0 Å². The lowest BCUT2D eigenvalue weighted by molar-refractivity contribution is -0.145.